The van der Waals surface area contributed by atoms with Crippen LogP contribution >= 0.6 is 0 Å². The van der Waals surface area contributed by atoms with E-state index in [4.69, 9.17) is 10.2 Å². The molecule has 3 unspecified atom stereocenters. The lowest BCUT2D eigenvalue weighted by atomic mass is 9.90. The van der Waals surface area contributed by atoms with Gasteiger partial charge in [0.2, 0.25) is 0 Å². The average molecular weight is 349 g/mol. The van der Waals surface area contributed by atoms with E-state index >= 15 is 0 Å². The number of carboxylic acids is 1. The van der Waals surface area contributed by atoms with Gasteiger partial charge in [-0.25, -0.2) is 0 Å². The fourth-order valence-corrected chi connectivity index (χ4v) is 2.57. The number of aliphatic hydroxyl groups excluding tert-OH is 3. The number of rotatable bonds is 14. The van der Waals surface area contributed by atoms with Gasteiger partial charge in [-0.05, 0) is 18.8 Å². The van der Waals surface area contributed by atoms with Gasteiger partial charge < -0.3 is 20.4 Å². The van der Waals surface area contributed by atoms with Crippen molar-refractivity contribution in [2.24, 2.45) is 5.92 Å². The number of carboxylic acid groups (broad SMARTS) is 1. The molecule has 0 rings (SSSR count). The molecule has 0 radical (unpaired) electrons. The molecule has 5 nitrogen and oxygen atoms in total. The van der Waals surface area contributed by atoms with Gasteiger partial charge in [-0.15, -0.1) is 0 Å². The Hall–Kier alpha value is -0.650. The molecular formula is C19H40O5. The van der Waals surface area contributed by atoms with Gasteiger partial charge in [0.25, 0.3) is 0 Å². The monoisotopic (exact) mass is 348 g/mol. The fraction of sp³-hybridized carbons (Fsp3) is 0.947. The molecule has 0 heterocycles. The van der Waals surface area contributed by atoms with Crippen molar-refractivity contribution in [3.8, 4) is 0 Å². The SMILES string of the molecule is CCCCCC(CC)C(O)C(O)CO.CCCCCCCC(=O)O. The number of aliphatic carboxylic acids is 1. The second-order valence-electron chi connectivity index (χ2n) is 6.46. The number of hydrogen-bond acceptors (Lipinski definition) is 4. The van der Waals surface area contributed by atoms with Crippen molar-refractivity contribution in [2.45, 2.75) is 104 Å². The number of unbranched alkanes of at least 4 members (excludes halogenated alkanes) is 6. The molecule has 0 fully saturated rings. The van der Waals surface area contributed by atoms with Gasteiger partial charge >= 0.3 is 5.97 Å². The van der Waals surface area contributed by atoms with Gasteiger partial charge in [0.1, 0.15) is 6.10 Å². The molecule has 0 aliphatic carbocycles. The number of carbonyl (C=O) groups is 1. The Morgan fingerprint density at radius 2 is 1.42 bits per heavy atom. The second kappa shape index (κ2) is 18.7. The molecule has 0 aliphatic heterocycles. The quantitative estimate of drug-likeness (QED) is 0.359. The third-order valence-electron chi connectivity index (χ3n) is 4.26. The van der Waals surface area contributed by atoms with E-state index in [0.29, 0.717) is 6.42 Å². The normalized spacial score (nSPS) is 14.4. The van der Waals surface area contributed by atoms with Crippen LogP contribution in [-0.2, 0) is 4.79 Å². The summed E-state index contributed by atoms with van der Waals surface area (Å²) < 4.78 is 0. The van der Waals surface area contributed by atoms with Crippen LogP contribution in [0, 0.1) is 5.92 Å². The zero-order valence-corrected chi connectivity index (χ0v) is 15.9. The summed E-state index contributed by atoms with van der Waals surface area (Å²) in [6, 6.07) is 0. The Morgan fingerprint density at radius 3 is 1.88 bits per heavy atom. The number of aliphatic hydroxyl groups is 3. The first kappa shape index (κ1) is 25.6. The molecule has 24 heavy (non-hydrogen) atoms. The fourth-order valence-electron chi connectivity index (χ4n) is 2.57. The van der Waals surface area contributed by atoms with E-state index in [1.807, 2.05) is 6.92 Å². The van der Waals surface area contributed by atoms with Crippen molar-refractivity contribution >= 4 is 5.97 Å². The minimum absolute atomic E-state index is 0.115. The molecule has 4 N–H and O–H groups in total. The molecule has 0 aromatic carbocycles. The first-order valence-corrected chi connectivity index (χ1v) is 9.63. The molecule has 0 spiro atoms. The maximum atomic E-state index is 10.0. The van der Waals surface area contributed by atoms with Gasteiger partial charge in [0, 0.05) is 6.42 Å². The van der Waals surface area contributed by atoms with Crippen LogP contribution in [0.3, 0.4) is 0 Å². The zero-order chi connectivity index (χ0) is 18.8. The van der Waals surface area contributed by atoms with E-state index in [1.165, 1.54) is 25.7 Å². The summed E-state index contributed by atoms with van der Waals surface area (Å²) in [5.74, 6) is -0.555. The van der Waals surface area contributed by atoms with Crippen LogP contribution in [0.15, 0.2) is 0 Å². The molecule has 146 valence electrons. The average Bonchev–Trinajstić information content (AvgIpc) is 2.57. The summed E-state index contributed by atoms with van der Waals surface area (Å²) in [7, 11) is 0. The lowest BCUT2D eigenvalue weighted by Crippen LogP contribution is -2.35. The van der Waals surface area contributed by atoms with Gasteiger partial charge in [-0.3, -0.25) is 4.79 Å². The van der Waals surface area contributed by atoms with Crippen LogP contribution in [0.2, 0.25) is 0 Å². The Morgan fingerprint density at radius 1 is 0.875 bits per heavy atom. The van der Waals surface area contributed by atoms with E-state index in [2.05, 4.69) is 13.8 Å². The van der Waals surface area contributed by atoms with Crippen molar-refractivity contribution in [3.05, 3.63) is 0 Å². The minimum atomic E-state index is -0.985. The molecule has 3 atom stereocenters. The topological polar surface area (TPSA) is 98.0 Å². The van der Waals surface area contributed by atoms with Crippen LogP contribution in [-0.4, -0.2) is 45.2 Å². The maximum absolute atomic E-state index is 10.0. The van der Waals surface area contributed by atoms with Crippen molar-refractivity contribution in [1.82, 2.24) is 0 Å². The minimum Gasteiger partial charge on any atom is -0.481 e. The van der Waals surface area contributed by atoms with Crippen LogP contribution < -0.4 is 0 Å². The van der Waals surface area contributed by atoms with Crippen LogP contribution in [0.1, 0.15) is 91.4 Å². The third kappa shape index (κ3) is 16.2. The van der Waals surface area contributed by atoms with E-state index in [1.54, 1.807) is 0 Å². The molecule has 0 aromatic heterocycles. The van der Waals surface area contributed by atoms with E-state index in [9.17, 15) is 15.0 Å². The third-order valence-corrected chi connectivity index (χ3v) is 4.26. The van der Waals surface area contributed by atoms with E-state index in [0.717, 1.165) is 38.5 Å². The molecule has 0 aromatic rings. The summed E-state index contributed by atoms with van der Waals surface area (Å²) in [4.78, 5) is 10.0. The Balaban J connectivity index is 0. The Kier molecular flexibility index (Phi) is 19.9. The first-order valence-electron chi connectivity index (χ1n) is 9.63. The van der Waals surface area contributed by atoms with E-state index < -0.39 is 18.2 Å². The van der Waals surface area contributed by atoms with E-state index in [-0.39, 0.29) is 12.5 Å². The largest absolute Gasteiger partial charge is 0.481 e. The Labute approximate surface area is 148 Å². The Bertz CT molecular complexity index is 270. The van der Waals surface area contributed by atoms with Crippen molar-refractivity contribution in [2.75, 3.05) is 6.61 Å². The molecule has 0 amide bonds. The molecule has 0 saturated carbocycles. The smallest absolute Gasteiger partial charge is 0.303 e. The summed E-state index contributed by atoms with van der Waals surface area (Å²) in [6.07, 6.45) is 9.32. The van der Waals surface area contributed by atoms with Crippen LogP contribution in [0.25, 0.3) is 0 Å². The summed E-state index contributed by atoms with van der Waals surface area (Å²) in [6.45, 7) is 5.94. The van der Waals surface area contributed by atoms with Crippen LogP contribution in [0.5, 0.6) is 0 Å². The van der Waals surface area contributed by atoms with Crippen molar-refractivity contribution < 1.29 is 25.2 Å². The highest BCUT2D eigenvalue weighted by molar-refractivity contribution is 5.66. The van der Waals surface area contributed by atoms with Gasteiger partial charge in [-0.1, -0.05) is 72.1 Å². The molecule has 0 bridgehead atoms. The second-order valence-corrected chi connectivity index (χ2v) is 6.46. The van der Waals surface area contributed by atoms with Gasteiger partial charge in [0.15, 0.2) is 0 Å². The highest BCUT2D eigenvalue weighted by Gasteiger charge is 2.23. The standard InChI is InChI=1S/C11H24O3.C8H16O2/c1-3-5-6-7-9(4-2)11(14)10(13)8-12;1-2-3-4-5-6-7-8(9)10/h9-14H,3-8H2,1-2H3;2-7H2,1H3,(H,9,10). The summed E-state index contributed by atoms with van der Waals surface area (Å²) in [5.41, 5.74) is 0. The maximum Gasteiger partial charge on any atom is 0.303 e. The van der Waals surface area contributed by atoms with Crippen molar-refractivity contribution in [3.63, 3.8) is 0 Å². The summed E-state index contributed by atoms with van der Waals surface area (Å²) in [5, 5.41) is 35.9. The van der Waals surface area contributed by atoms with Gasteiger partial charge in [0.05, 0.1) is 12.7 Å². The highest BCUT2D eigenvalue weighted by atomic mass is 16.4. The van der Waals surface area contributed by atoms with Crippen molar-refractivity contribution in [1.29, 1.82) is 0 Å². The molecule has 5 heteroatoms. The number of hydrogen-bond donors (Lipinski definition) is 4. The lowest BCUT2D eigenvalue weighted by Gasteiger charge is -2.24. The molecule has 0 saturated heterocycles. The predicted octanol–water partition coefficient (Wildman–Crippen LogP) is 3.74. The molecule has 0 aliphatic rings. The first-order chi connectivity index (χ1) is 11.4. The zero-order valence-electron chi connectivity index (χ0n) is 15.9. The summed E-state index contributed by atoms with van der Waals surface area (Å²) >= 11 is 0. The lowest BCUT2D eigenvalue weighted by molar-refractivity contribution is -0.137. The highest BCUT2D eigenvalue weighted by Crippen LogP contribution is 2.19. The van der Waals surface area contributed by atoms with Gasteiger partial charge in [-0.2, -0.15) is 0 Å². The van der Waals surface area contributed by atoms with Crippen LogP contribution in [0.4, 0.5) is 0 Å². The molecular weight excluding hydrogens is 308 g/mol. The predicted molar refractivity (Wildman–Crippen MR) is 98.0 cm³/mol.